The molecule has 0 unspecified atom stereocenters. The molecule has 5 heteroatoms. The van der Waals surface area contributed by atoms with E-state index in [9.17, 15) is 4.79 Å². The zero-order valence-electron chi connectivity index (χ0n) is 8.65. The number of nitrogens with two attached hydrogens (primary N) is 1. The Labute approximate surface area is 95.5 Å². The van der Waals surface area contributed by atoms with Crippen molar-refractivity contribution in [3.05, 3.63) is 30.1 Å². The van der Waals surface area contributed by atoms with E-state index >= 15 is 0 Å². The van der Waals surface area contributed by atoms with Gasteiger partial charge < -0.3 is 22.9 Å². The summed E-state index contributed by atoms with van der Waals surface area (Å²) in [6, 6.07) is 3.45. The second-order valence-corrected chi connectivity index (χ2v) is 3.01. The zero-order chi connectivity index (χ0) is 10.4. The number of primary amides is 1. The first-order valence-corrected chi connectivity index (χ1v) is 4.60. The molecule has 1 aromatic heterocycles. The van der Waals surface area contributed by atoms with Crippen molar-refractivity contribution in [2.45, 2.75) is 20.1 Å². The molecule has 1 rings (SSSR count). The molecule has 1 amide bonds. The van der Waals surface area contributed by atoms with Gasteiger partial charge in [0.15, 0.2) is 12.4 Å². The molecule has 2 N–H and O–H groups in total. The number of carbonyl (C=O) groups excluding carboxylic acids is 1. The molecule has 15 heavy (non-hydrogen) atoms. The molecule has 0 aliphatic carbocycles. The number of hydrogen-bond acceptors (Lipinski definition) is 2. The van der Waals surface area contributed by atoms with Crippen LogP contribution in [0.1, 0.15) is 23.7 Å². The lowest BCUT2D eigenvalue weighted by molar-refractivity contribution is -0.732. The highest BCUT2D eigenvalue weighted by Crippen LogP contribution is 1.92. The van der Waals surface area contributed by atoms with Gasteiger partial charge in [0.2, 0.25) is 0 Å². The normalized spacial score (nSPS) is 9.40. The molecule has 0 bridgehead atoms. The SMILES string of the molecule is CCCOC[n+]1cccc(C(N)=O)c1.[Cl-]. The third-order valence-corrected chi connectivity index (χ3v) is 1.73. The van der Waals surface area contributed by atoms with Crippen LogP contribution in [0.15, 0.2) is 24.5 Å². The van der Waals surface area contributed by atoms with Gasteiger partial charge >= 0.3 is 0 Å². The molecule has 0 fully saturated rings. The maximum Gasteiger partial charge on any atom is 0.254 e. The van der Waals surface area contributed by atoms with Crippen LogP contribution >= 0.6 is 0 Å². The summed E-state index contributed by atoms with van der Waals surface area (Å²) in [6.07, 6.45) is 4.50. The average Bonchev–Trinajstić information content (AvgIpc) is 2.19. The van der Waals surface area contributed by atoms with Crippen molar-refractivity contribution in [1.29, 1.82) is 0 Å². The molecule has 0 aromatic carbocycles. The van der Waals surface area contributed by atoms with E-state index in [1.807, 2.05) is 13.1 Å². The van der Waals surface area contributed by atoms with Crippen LogP contribution in [0.2, 0.25) is 0 Å². The summed E-state index contributed by atoms with van der Waals surface area (Å²) < 4.78 is 7.10. The predicted molar refractivity (Wildman–Crippen MR) is 51.4 cm³/mol. The van der Waals surface area contributed by atoms with Gasteiger partial charge in [-0.05, 0) is 12.5 Å². The van der Waals surface area contributed by atoms with E-state index < -0.39 is 5.91 Å². The van der Waals surface area contributed by atoms with E-state index in [-0.39, 0.29) is 12.4 Å². The standard InChI is InChI=1S/C10H14N2O2.ClH/c1-2-6-14-8-12-5-3-4-9(7-12)10(11)13;/h3-5,7H,2,6,8H2,1H3,(H-,11,13);1H. The topological polar surface area (TPSA) is 56.2 Å². The first-order chi connectivity index (χ1) is 6.74. The van der Waals surface area contributed by atoms with Gasteiger partial charge in [-0.2, -0.15) is 4.57 Å². The molecule has 0 atom stereocenters. The molecule has 0 aliphatic rings. The molecule has 4 nitrogen and oxygen atoms in total. The third-order valence-electron chi connectivity index (χ3n) is 1.73. The van der Waals surface area contributed by atoms with Gasteiger partial charge in [0.05, 0.1) is 6.61 Å². The van der Waals surface area contributed by atoms with Crippen molar-refractivity contribution in [1.82, 2.24) is 0 Å². The molecule has 0 saturated heterocycles. The Hall–Kier alpha value is -1.13. The number of halogens is 1. The fraction of sp³-hybridized carbons (Fsp3) is 0.400. The molecule has 0 aliphatic heterocycles. The van der Waals surface area contributed by atoms with Crippen LogP contribution < -0.4 is 22.7 Å². The van der Waals surface area contributed by atoms with Crippen molar-refractivity contribution in [3.8, 4) is 0 Å². The molecule has 0 spiro atoms. The highest BCUT2D eigenvalue weighted by Gasteiger charge is 2.06. The number of pyridine rings is 1. The minimum absolute atomic E-state index is 0. The number of rotatable bonds is 5. The Morgan fingerprint density at radius 1 is 1.60 bits per heavy atom. The van der Waals surface area contributed by atoms with Gasteiger partial charge in [0, 0.05) is 6.07 Å². The second kappa shape index (κ2) is 7.20. The van der Waals surface area contributed by atoms with Gasteiger partial charge in [0.1, 0.15) is 5.56 Å². The lowest BCUT2D eigenvalue weighted by Crippen LogP contribution is -3.00. The van der Waals surface area contributed by atoms with E-state index in [4.69, 9.17) is 10.5 Å². The highest BCUT2D eigenvalue weighted by molar-refractivity contribution is 5.92. The van der Waals surface area contributed by atoms with Crippen molar-refractivity contribution in [2.24, 2.45) is 5.73 Å². The molecule has 1 heterocycles. The van der Waals surface area contributed by atoms with Gasteiger partial charge in [-0.15, -0.1) is 0 Å². The summed E-state index contributed by atoms with van der Waals surface area (Å²) in [6.45, 7) is 3.22. The number of ether oxygens (including phenoxy) is 1. The maximum atomic E-state index is 10.9. The largest absolute Gasteiger partial charge is 1.00 e. The van der Waals surface area contributed by atoms with Crippen LogP contribution in [0, 0.1) is 0 Å². The summed E-state index contributed by atoms with van der Waals surface area (Å²) >= 11 is 0. The summed E-state index contributed by atoms with van der Waals surface area (Å²) in [4.78, 5) is 10.9. The van der Waals surface area contributed by atoms with Crippen LogP contribution in [0.5, 0.6) is 0 Å². The summed E-state index contributed by atoms with van der Waals surface area (Å²) in [5.74, 6) is -0.421. The smallest absolute Gasteiger partial charge is 0.254 e. The number of amides is 1. The quantitative estimate of drug-likeness (QED) is 0.448. The van der Waals surface area contributed by atoms with Crippen LogP contribution in [-0.4, -0.2) is 12.5 Å². The fourth-order valence-corrected chi connectivity index (χ4v) is 1.06. The maximum absolute atomic E-state index is 10.9. The highest BCUT2D eigenvalue weighted by atomic mass is 35.5. The van der Waals surface area contributed by atoms with Crippen molar-refractivity contribution in [3.63, 3.8) is 0 Å². The first-order valence-electron chi connectivity index (χ1n) is 4.60. The van der Waals surface area contributed by atoms with Crippen LogP contribution in [0.4, 0.5) is 0 Å². The Balaban J connectivity index is 0.00000196. The lowest BCUT2D eigenvalue weighted by atomic mass is 10.3. The van der Waals surface area contributed by atoms with Crippen molar-refractivity contribution >= 4 is 5.91 Å². The van der Waals surface area contributed by atoms with Crippen LogP contribution in [0.25, 0.3) is 0 Å². The van der Waals surface area contributed by atoms with E-state index in [1.54, 1.807) is 22.9 Å². The van der Waals surface area contributed by atoms with Crippen LogP contribution in [0.3, 0.4) is 0 Å². The van der Waals surface area contributed by atoms with Crippen LogP contribution in [-0.2, 0) is 11.5 Å². The number of nitrogens with zero attached hydrogens (tertiary/aromatic N) is 1. The van der Waals surface area contributed by atoms with E-state index in [1.165, 1.54) is 0 Å². The molecule has 0 radical (unpaired) electrons. The molecule has 1 aromatic rings. The van der Waals surface area contributed by atoms with Gasteiger partial charge in [-0.3, -0.25) is 4.79 Å². The molecule has 0 saturated carbocycles. The van der Waals surface area contributed by atoms with E-state index in [0.29, 0.717) is 18.9 Å². The number of carbonyl (C=O) groups is 1. The Kier molecular flexibility index (Phi) is 6.66. The van der Waals surface area contributed by atoms with Gasteiger partial charge in [0.25, 0.3) is 12.6 Å². The zero-order valence-corrected chi connectivity index (χ0v) is 9.41. The Bertz CT molecular complexity index is 318. The second-order valence-electron chi connectivity index (χ2n) is 3.01. The van der Waals surface area contributed by atoms with Gasteiger partial charge in [-0.1, -0.05) is 6.92 Å². The number of aromatic nitrogens is 1. The monoisotopic (exact) mass is 230 g/mol. The molecule has 84 valence electrons. The molecular formula is C10H15ClN2O2. The van der Waals surface area contributed by atoms with E-state index in [0.717, 1.165) is 6.42 Å². The molecular weight excluding hydrogens is 216 g/mol. The summed E-state index contributed by atoms with van der Waals surface area (Å²) in [5.41, 5.74) is 5.64. The van der Waals surface area contributed by atoms with Gasteiger partial charge in [-0.25, -0.2) is 0 Å². The number of hydrogen-bond donors (Lipinski definition) is 1. The summed E-state index contributed by atoms with van der Waals surface area (Å²) in [7, 11) is 0. The fourth-order valence-electron chi connectivity index (χ4n) is 1.06. The average molecular weight is 231 g/mol. The summed E-state index contributed by atoms with van der Waals surface area (Å²) in [5, 5.41) is 0. The Morgan fingerprint density at radius 3 is 2.93 bits per heavy atom. The van der Waals surface area contributed by atoms with E-state index in [2.05, 4.69) is 0 Å². The Morgan fingerprint density at radius 2 is 2.33 bits per heavy atom. The lowest BCUT2D eigenvalue weighted by Gasteiger charge is -1.98. The minimum atomic E-state index is -0.421. The third kappa shape index (κ3) is 4.76. The van der Waals surface area contributed by atoms with Crippen molar-refractivity contribution in [2.75, 3.05) is 6.61 Å². The van der Waals surface area contributed by atoms with Crippen molar-refractivity contribution < 1.29 is 26.5 Å². The minimum Gasteiger partial charge on any atom is -1.00 e. The first kappa shape index (κ1) is 13.9. The predicted octanol–water partition coefficient (Wildman–Crippen LogP) is -2.54.